The first kappa shape index (κ1) is 17.8. The van der Waals surface area contributed by atoms with Crippen LogP contribution in [0.5, 0.6) is 0 Å². The molecule has 0 saturated carbocycles. The number of carbonyl (C=O) groups excluding carboxylic acids is 2. The highest BCUT2D eigenvalue weighted by molar-refractivity contribution is 6.41. The highest BCUT2D eigenvalue weighted by Crippen LogP contribution is 2.38. The Morgan fingerprint density at radius 3 is 2.44 bits per heavy atom. The van der Waals surface area contributed by atoms with Crippen LogP contribution in [-0.4, -0.2) is 30.1 Å². The maximum absolute atomic E-state index is 13.1. The number of anilines is 2. The van der Waals surface area contributed by atoms with Crippen molar-refractivity contribution in [3.8, 4) is 0 Å². The Morgan fingerprint density at radius 2 is 1.70 bits per heavy atom. The van der Waals surface area contributed by atoms with E-state index in [2.05, 4.69) is 5.32 Å². The molecule has 7 heteroatoms. The number of aliphatic hydroxyl groups excluding tert-OH is 1. The molecule has 1 aliphatic rings. The second-order valence-corrected chi connectivity index (χ2v) is 6.92. The first-order chi connectivity index (χ1) is 13.0. The highest BCUT2D eigenvalue weighted by Gasteiger charge is 2.35. The summed E-state index contributed by atoms with van der Waals surface area (Å²) in [6.45, 7) is 0.340. The number of imide groups is 1. The molecule has 1 aliphatic heterocycles. The average molecular weight is 401 g/mol. The van der Waals surface area contributed by atoms with E-state index in [9.17, 15) is 9.59 Å². The molecule has 3 aromatic carbocycles. The fourth-order valence-electron chi connectivity index (χ4n) is 3.32. The molecule has 2 N–H and O–H groups in total. The van der Waals surface area contributed by atoms with E-state index in [1.54, 1.807) is 36.4 Å². The van der Waals surface area contributed by atoms with Gasteiger partial charge >= 0.3 is 0 Å². The number of carbonyl (C=O) groups is 2. The molecule has 27 heavy (non-hydrogen) atoms. The predicted molar refractivity (Wildman–Crippen MR) is 107 cm³/mol. The second kappa shape index (κ2) is 6.85. The summed E-state index contributed by atoms with van der Waals surface area (Å²) < 4.78 is 0. The fourth-order valence-corrected chi connectivity index (χ4v) is 3.69. The first-order valence-electron chi connectivity index (χ1n) is 8.27. The average Bonchev–Trinajstić information content (AvgIpc) is 2.67. The molecule has 4 rings (SSSR count). The predicted octanol–water partition coefficient (Wildman–Crippen LogP) is 4.35. The monoisotopic (exact) mass is 400 g/mol. The summed E-state index contributed by atoms with van der Waals surface area (Å²) in [5.74, 6) is -0.914. The Bertz CT molecular complexity index is 1080. The summed E-state index contributed by atoms with van der Waals surface area (Å²) in [7, 11) is 0. The van der Waals surface area contributed by atoms with Gasteiger partial charge in [0.15, 0.2) is 0 Å². The van der Waals surface area contributed by atoms with Gasteiger partial charge in [0, 0.05) is 39.2 Å². The Balaban J connectivity index is 1.93. The molecule has 2 amide bonds. The third kappa shape index (κ3) is 2.84. The Hall–Kier alpha value is -2.60. The zero-order chi connectivity index (χ0) is 19.1. The Morgan fingerprint density at radius 1 is 0.963 bits per heavy atom. The lowest BCUT2D eigenvalue weighted by Gasteiger charge is -2.28. The van der Waals surface area contributed by atoms with E-state index in [-0.39, 0.29) is 17.3 Å². The number of hydrogen-bond donors (Lipinski definition) is 2. The summed E-state index contributed by atoms with van der Waals surface area (Å²) in [6.07, 6.45) is 0. The van der Waals surface area contributed by atoms with Crippen molar-refractivity contribution in [1.29, 1.82) is 0 Å². The largest absolute Gasteiger partial charge is 0.395 e. The number of hydrogen-bond acceptors (Lipinski definition) is 4. The van der Waals surface area contributed by atoms with Gasteiger partial charge in [0.25, 0.3) is 11.8 Å². The minimum Gasteiger partial charge on any atom is -0.395 e. The van der Waals surface area contributed by atoms with Crippen LogP contribution in [0.3, 0.4) is 0 Å². The van der Waals surface area contributed by atoms with Crippen LogP contribution in [0.4, 0.5) is 11.4 Å². The van der Waals surface area contributed by atoms with Gasteiger partial charge in [0.2, 0.25) is 0 Å². The zero-order valence-corrected chi connectivity index (χ0v) is 15.5. The molecular formula is C20H14Cl2N2O3. The van der Waals surface area contributed by atoms with E-state index >= 15 is 0 Å². The van der Waals surface area contributed by atoms with Gasteiger partial charge in [-0.05, 0) is 36.4 Å². The number of nitrogens with zero attached hydrogens (tertiary/aromatic N) is 1. The lowest BCUT2D eigenvalue weighted by molar-refractivity contribution is 0.0893. The summed E-state index contributed by atoms with van der Waals surface area (Å²) in [5.41, 5.74) is 1.82. The Kier molecular flexibility index (Phi) is 4.52. The smallest absolute Gasteiger partial charge is 0.266 e. The summed E-state index contributed by atoms with van der Waals surface area (Å²) in [5, 5.41) is 14.1. The van der Waals surface area contributed by atoms with Gasteiger partial charge in [-0.25, -0.2) is 4.90 Å². The van der Waals surface area contributed by atoms with E-state index in [4.69, 9.17) is 28.3 Å². The molecule has 136 valence electrons. The summed E-state index contributed by atoms with van der Waals surface area (Å²) in [6, 6.07) is 13.4. The van der Waals surface area contributed by atoms with Crippen LogP contribution in [0.2, 0.25) is 10.0 Å². The van der Waals surface area contributed by atoms with Crippen molar-refractivity contribution in [3.05, 3.63) is 69.7 Å². The van der Waals surface area contributed by atoms with Gasteiger partial charge in [0.1, 0.15) is 0 Å². The van der Waals surface area contributed by atoms with Crippen LogP contribution >= 0.6 is 23.2 Å². The molecule has 3 aromatic rings. The van der Waals surface area contributed by atoms with Gasteiger partial charge in [-0.1, -0.05) is 35.3 Å². The summed E-state index contributed by atoms with van der Waals surface area (Å²) in [4.78, 5) is 27.4. The summed E-state index contributed by atoms with van der Waals surface area (Å²) >= 11 is 12.3. The van der Waals surface area contributed by atoms with Crippen molar-refractivity contribution in [2.75, 3.05) is 23.4 Å². The van der Waals surface area contributed by atoms with E-state index < -0.39 is 11.8 Å². The minimum absolute atomic E-state index is 0.0260. The normalized spacial score (nSPS) is 13.4. The van der Waals surface area contributed by atoms with Gasteiger partial charge < -0.3 is 10.4 Å². The second-order valence-electron chi connectivity index (χ2n) is 6.08. The van der Waals surface area contributed by atoms with E-state index in [1.807, 2.05) is 6.07 Å². The molecular weight excluding hydrogens is 387 g/mol. The van der Waals surface area contributed by atoms with E-state index in [0.717, 1.165) is 16.0 Å². The van der Waals surface area contributed by atoms with E-state index in [1.165, 1.54) is 6.07 Å². The molecule has 0 atom stereocenters. The highest BCUT2D eigenvalue weighted by atomic mass is 35.5. The van der Waals surface area contributed by atoms with Crippen LogP contribution < -0.4 is 10.2 Å². The van der Waals surface area contributed by atoms with Gasteiger partial charge in [-0.2, -0.15) is 0 Å². The standard InChI is InChI=1S/C20H14Cl2N2O3/c21-11-4-6-15(22)17(10-11)24-19(26)13-3-1-2-12-16(23-8-9-25)7-5-14(18(12)13)20(24)27/h1-7,10,23,25H,8-9H2. The van der Waals surface area contributed by atoms with Crippen molar-refractivity contribution in [2.24, 2.45) is 0 Å². The Labute approximate surface area is 165 Å². The molecule has 1 heterocycles. The molecule has 0 unspecified atom stereocenters. The minimum atomic E-state index is -0.457. The van der Waals surface area contributed by atoms with Crippen molar-refractivity contribution in [2.45, 2.75) is 0 Å². The number of nitrogens with one attached hydrogen (secondary N) is 1. The van der Waals surface area contributed by atoms with Crippen LogP contribution in [-0.2, 0) is 0 Å². The maximum atomic E-state index is 13.1. The van der Waals surface area contributed by atoms with Crippen LogP contribution in [0, 0.1) is 0 Å². The van der Waals surface area contributed by atoms with Crippen molar-refractivity contribution in [1.82, 2.24) is 0 Å². The SMILES string of the molecule is O=C1c2cccc3c(NCCO)ccc(c23)C(=O)N1c1cc(Cl)ccc1Cl. The van der Waals surface area contributed by atoms with E-state index in [0.29, 0.717) is 28.1 Å². The van der Waals surface area contributed by atoms with Crippen molar-refractivity contribution in [3.63, 3.8) is 0 Å². The van der Waals surface area contributed by atoms with Gasteiger partial charge in [-0.3, -0.25) is 9.59 Å². The zero-order valence-electron chi connectivity index (χ0n) is 14.0. The van der Waals surface area contributed by atoms with Crippen molar-refractivity contribution < 1.29 is 14.7 Å². The van der Waals surface area contributed by atoms with Crippen LogP contribution in [0.25, 0.3) is 10.8 Å². The molecule has 0 aliphatic carbocycles. The molecule has 0 fully saturated rings. The lowest BCUT2D eigenvalue weighted by Crippen LogP contribution is -2.40. The van der Waals surface area contributed by atoms with Crippen LogP contribution in [0.1, 0.15) is 20.7 Å². The topological polar surface area (TPSA) is 69.6 Å². The molecule has 0 saturated heterocycles. The third-order valence-corrected chi connectivity index (χ3v) is 5.04. The molecule has 0 spiro atoms. The first-order valence-corrected chi connectivity index (χ1v) is 9.03. The number of aliphatic hydroxyl groups is 1. The number of benzene rings is 3. The maximum Gasteiger partial charge on any atom is 0.266 e. The van der Waals surface area contributed by atoms with Gasteiger partial charge in [-0.15, -0.1) is 0 Å². The number of halogens is 2. The number of rotatable bonds is 4. The van der Waals surface area contributed by atoms with Crippen LogP contribution in [0.15, 0.2) is 48.5 Å². The fraction of sp³-hybridized carbons (Fsp3) is 0.100. The molecule has 0 radical (unpaired) electrons. The number of amides is 2. The lowest BCUT2D eigenvalue weighted by atomic mass is 9.92. The molecule has 0 aromatic heterocycles. The van der Waals surface area contributed by atoms with Gasteiger partial charge in [0.05, 0.1) is 17.3 Å². The molecule has 0 bridgehead atoms. The third-order valence-electron chi connectivity index (χ3n) is 4.48. The van der Waals surface area contributed by atoms with Crippen molar-refractivity contribution >= 4 is 57.2 Å². The molecule has 5 nitrogen and oxygen atoms in total. The quantitative estimate of drug-likeness (QED) is 0.638.